The molecular weight excluding hydrogens is 372 g/mol. The predicted octanol–water partition coefficient (Wildman–Crippen LogP) is 2.31. The Hall–Kier alpha value is -3.19. The molecule has 0 aliphatic carbocycles. The Bertz CT molecular complexity index is 875. The van der Waals surface area contributed by atoms with Crippen LogP contribution in [-0.2, 0) is 4.79 Å². The standard InChI is InChI=1S/C22H24N2O5/c1-28-18-11-6-12-19(29-2)20(18)17(25)14-24-13-7-10-16(24)22(27)23-21(26)15-8-4-3-5-9-15/h3-6,8-9,11-12,16H,7,10,13-14H2,1-2H3,(H,23,26,27)/t16-/m0/s1. The first kappa shape index (κ1) is 20.5. The molecule has 0 aromatic heterocycles. The number of hydrogen-bond acceptors (Lipinski definition) is 6. The van der Waals surface area contributed by atoms with Gasteiger partial charge in [-0.1, -0.05) is 24.3 Å². The molecule has 1 aliphatic heterocycles. The minimum Gasteiger partial charge on any atom is -0.496 e. The summed E-state index contributed by atoms with van der Waals surface area (Å²) in [5.41, 5.74) is 0.768. The molecule has 7 heteroatoms. The number of Topliss-reactive ketones (excluding diaryl/α,β-unsaturated/α-hetero) is 1. The summed E-state index contributed by atoms with van der Waals surface area (Å²) >= 11 is 0. The zero-order valence-electron chi connectivity index (χ0n) is 16.5. The molecule has 1 heterocycles. The third kappa shape index (κ3) is 4.63. The molecule has 0 spiro atoms. The number of likely N-dealkylation sites (tertiary alicyclic amines) is 1. The molecule has 1 saturated heterocycles. The van der Waals surface area contributed by atoms with Gasteiger partial charge in [0.1, 0.15) is 17.1 Å². The Morgan fingerprint density at radius 1 is 1.00 bits per heavy atom. The minimum atomic E-state index is -0.535. The van der Waals surface area contributed by atoms with Gasteiger partial charge in [0.05, 0.1) is 26.8 Å². The van der Waals surface area contributed by atoms with Crippen molar-refractivity contribution in [2.24, 2.45) is 0 Å². The molecule has 1 atom stereocenters. The lowest BCUT2D eigenvalue weighted by atomic mass is 10.1. The summed E-state index contributed by atoms with van der Waals surface area (Å²) in [4.78, 5) is 39.7. The van der Waals surface area contributed by atoms with E-state index in [2.05, 4.69) is 5.32 Å². The molecule has 2 aromatic rings. The average Bonchev–Trinajstić information content (AvgIpc) is 3.21. The molecule has 1 N–H and O–H groups in total. The molecule has 0 unspecified atom stereocenters. The number of nitrogens with one attached hydrogen (secondary N) is 1. The number of ether oxygens (including phenoxy) is 2. The van der Waals surface area contributed by atoms with Crippen LogP contribution >= 0.6 is 0 Å². The summed E-state index contributed by atoms with van der Waals surface area (Å²) in [5, 5.41) is 2.45. The number of benzene rings is 2. The summed E-state index contributed by atoms with van der Waals surface area (Å²) in [6.07, 6.45) is 1.36. The van der Waals surface area contributed by atoms with E-state index in [-0.39, 0.29) is 12.3 Å². The van der Waals surface area contributed by atoms with Crippen molar-refractivity contribution >= 4 is 17.6 Å². The van der Waals surface area contributed by atoms with E-state index >= 15 is 0 Å². The summed E-state index contributed by atoms with van der Waals surface area (Å²) < 4.78 is 10.6. The van der Waals surface area contributed by atoms with Gasteiger partial charge < -0.3 is 9.47 Å². The fourth-order valence-electron chi connectivity index (χ4n) is 3.56. The fraction of sp³-hybridized carbons (Fsp3) is 0.318. The van der Waals surface area contributed by atoms with E-state index < -0.39 is 17.9 Å². The number of rotatable bonds is 7. The van der Waals surface area contributed by atoms with Crippen LogP contribution in [0.5, 0.6) is 11.5 Å². The Balaban J connectivity index is 1.71. The molecule has 7 nitrogen and oxygen atoms in total. The average molecular weight is 396 g/mol. The Labute approximate surface area is 169 Å². The molecule has 152 valence electrons. The summed E-state index contributed by atoms with van der Waals surface area (Å²) in [6, 6.07) is 13.2. The van der Waals surface area contributed by atoms with Crippen LogP contribution in [0.4, 0.5) is 0 Å². The van der Waals surface area contributed by atoms with Crippen LogP contribution in [0.25, 0.3) is 0 Å². The van der Waals surface area contributed by atoms with Gasteiger partial charge in [-0.15, -0.1) is 0 Å². The predicted molar refractivity (Wildman–Crippen MR) is 107 cm³/mol. The van der Waals surface area contributed by atoms with Crippen molar-refractivity contribution in [3.8, 4) is 11.5 Å². The number of amides is 2. The lowest BCUT2D eigenvalue weighted by Crippen LogP contribution is -2.46. The lowest BCUT2D eigenvalue weighted by molar-refractivity contribution is -0.124. The molecule has 2 amide bonds. The van der Waals surface area contributed by atoms with Crippen molar-refractivity contribution in [2.75, 3.05) is 27.3 Å². The Morgan fingerprint density at radius 2 is 1.66 bits per heavy atom. The molecule has 0 saturated carbocycles. The van der Waals surface area contributed by atoms with Crippen molar-refractivity contribution in [2.45, 2.75) is 18.9 Å². The second kappa shape index (κ2) is 9.34. The molecule has 3 rings (SSSR count). The number of nitrogens with zero attached hydrogens (tertiary/aromatic N) is 1. The van der Waals surface area contributed by atoms with Gasteiger partial charge in [-0.2, -0.15) is 0 Å². The van der Waals surface area contributed by atoms with Crippen molar-refractivity contribution in [3.05, 3.63) is 59.7 Å². The van der Waals surface area contributed by atoms with Crippen molar-refractivity contribution in [1.29, 1.82) is 0 Å². The zero-order valence-corrected chi connectivity index (χ0v) is 16.5. The highest BCUT2D eigenvalue weighted by molar-refractivity contribution is 6.06. The lowest BCUT2D eigenvalue weighted by Gasteiger charge is -2.23. The molecule has 29 heavy (non-hydrogen) atoms. The van der Waals surface area contributed by atoms with Crippen molar-refractivity contribution in [3.63, 3.8) is 0 Å². The highest BCUT2D eigenvalue weighted by atomic mass is 16.5. The largest absolute Gasteiger partial charge is 0.496 e. The number of hydrogen-bond donors (Lipinski definition) is 1. The number of methoxy groups -OCH3 is 2. The second-order valence-electron chi connectivity index (χ2n) is 6.77. The van der Waals surface area contributed by atoms with E-state index in [1.165, 1.54) is 14.2 Å². The smallest absolute Gasteiger partial charge is 0.257 e. The van der Waals surface area contributed by atoms with Gasteiger partial charge in [-0.05, 0) is 43.7 Å². The first-order chi connectivity index (χ1) is 14.0. The van der Waals surface area contributed by atoms with Gasteiger partial charge in [0.25, 0.3) is 5.91 Å². The topological polar surface area (TPSA) is 84.9 Å². The molecule has 1 aliphatic rings. The Morgan fingerprint density at radius 3 is 2.28 bits per heavy atom. The highest BCUT2D eigenvalue weighted by Crippen LogP contribution is 2.29. The number of carbonyl (C=O) groups excluding carboxylic acids is 3. The molecular formula is C22H24N2O5. The fourth-order valence-corrected chi connectivity index (χ4v) is 3.56. The summed E-state index contributed by atoms with van der Waals surface area (Å²) in [6.45, 7) is 0.634. The number of ketones is 1. The first-order valence-corrected chi connectivity index (χ1v) is 9.43. The van der Waals surface area contributed by atoms with Gasteiger partial charge in [0.15, 0.2) is 5.78 Å². The molecule has 0 radical (unpaired) electrons. The van der Waals surface area contributed by atoms with E-state index in [0.29, 0.717) is 35.6 Å². The normalized spacial score (nSPS) is 16.3. The maximum atomic E-state index is 13.0. The minimum absolute atomic E-state index is 0.0361. The van der Waals surface area contributed by atoms with E-state index in [4.69, 9.17) is 9.47 Å². The molecule has 0 bridgehead atoms. The monoisotopic (exact) mass is 396 g/mol. The Kier molecular flexibility index (Phi) is 6.61. The maximum Gasteiger partial charge on any atom is 0.257 e. The van der Waals surface area contributed by atoms with Crippen LogP contribution < -0.4 is 14.8 Å². The quantitative estimate of drug-likeness (QED) is 0.571. The van der Waals surface area contributed by atoms with E-state index in [9.17, 15) is 14.4 Å². The van der Waals surface area contributed by atoms with Crippen LogP contribution in [0, 0.1) is 0 Å². The molecule has 1 fully saturated rings. The van der Waals surface area contributed by atoms with Crippen LogP contribution in [-0.4, -0.2) is 55.8 Å². The van der Waals surface area contributed by atoms with E-state index in [1.807, 2.05) is 0 Å². The number of carbonyl (C=O) groups is 3. The highest BCUT2D eigenvalue weighted by Gasteiger charge is 2.34. The van der Waals surface area contributed by atoms with Crippen molar-refractivity contribution in [1.82, 2.24) is 10.2 Å². The van der Waals surface area contributed by atoms with Crippen molar-refractivity contribution < 1.29 is 23.9 Å². The van der Waals surface area contributed by atoms with Gasteiger partial charge in [0.2, 0.25) is 5.91 Å². The van der Waals surface area contributed by atoms with E-state index in [1.54, 1.807) is 53.4 Å². The first-order valence-electron chi connectivity index (χ1n) is 9.43. The van der Waals surface area contributed by atoms with Gasteiger partial charge in [-0.3, -0.25) is 24.6 Å². The van der Waals surface area contributed by atoms with Crippen LogP contribution in [0.15, 0.2) is 48.5 Å². The van der Waals surface area contributed by atoms with Gasteiger partial charge in [0, 0.05) is 5.56 Å². The third-order valence-corrected chi connectivity index (χ3v) is 4.99. The van der Waals surface area contributed by atoms with Gasteiger partial charge >= 0.3 is 0 Å². The molecule has 2 aromatic carbocycles. The van der Waals surface area contributed by atoms with Crippen LogP contribution in [0.2, 0.25) is 0 Å². The summed E-state index contributed by atoms with van der Waals surface area (Å²) in [7, 11) is 2.99. The second-order valence-corrected chi connectivity index (χ2v) is 6.77. The van der Waals surface area contributed by atoms with Crippen LogP contribution in [0.3, 0.4) is 0 Å². The zero-order chi connectivity index (χ0) is 20.8. The van der Waals surface area contributed by atoms with E-state index in [0.717, 1.165) is 6.42 Å². The summed E-state index contributed by atoms with van der Waals surface area (Å²) in [5.74, 6) is -0.188. The number of imide groups is 1. The maximum absolute atomic E-state index is 13.0. The van der Waals surface area contributed by atoms with Crippen LogP contribution in [0.1, 0.15) is 33.6 Å². The van der Waals surface area contributed by atoms with Gasteiger partial charge in [-0.25, -0.2) is 0 Å². The third-order valence-electron chi connectivity index (χ3n) is 4.99. The SMILES string of the molecule is COc1cccc(OC)c1C(=O)CN1CCC[C@H]1C(=O)NC(=O)c1ccccc1.